The van der Waals surface area contributed by atoms with Gasteiger partial charge < -0.3 is 19.9 Å². The molecule has 9 nitrogen and oxygen atoms in total. The largest absolute Gasteiger partial charge is 0.494 e. The van der Waals surface area contributed by atoms with Gasteiger partial charge in [-0.25, -0.2) is 23.8 Å². The second kappa shape index (κ2) is 13.2. The van der Waals surface area contributed by atoms with Crippen LogP contribution in [0.2, 0.25) is 0 Å². The lowest BCUT2D eigenvalue weighted by Gasteiger charge is -2.43. The number of rotatable bonds is 8. The van der Waals surface area contributed by atoms with Gasteiger partial charge in [0.05, 0.1) is 25.4 Å². The summed E-state index contributed by atoms with van der Waals surface area (Å²) >= 11 is 0. The molecule has 1 atom stereocenters. The number of hydrogen-bond donors (Lipinski definition) is 1. The summed E-state index contributed by atoms with van der Waals surface area (Å²) in [6, 6.07) is 10.4. The molecule has 3 fully saturated rings. The minimum Gasteiger partial charge on any atom is -0.494 e. The first kappa shape index (κ1) is 30.5. The van der Waals surface area contributed by atoms with Crippen molar-refractivity contribution in [2.24, 2.45) is 0 Å². The first-order chi connectivity index (χ1) is 21.3. The minimum atomic E-state index is -0.879. The van der Waals surface area contributed by atoms with Crippen LogP contribution in [-0.2, 0) is 4.84 Å². The second-order valence-corrected chi connectivity index (χ2v) is 12.3. The summed E-state index contributed by atoms with van der Waals surface area (Å²) in [7, 11) is 3.89. The molecule has 0 spiro atoms. The average molecular weight is 608 g/mol. The molecule has 2 aromatic carbocycles. The van der Waals surface area contributed by atoms with Gasteiger partial charge >= 0.3 is 0 Å². The summed E-state index contributed by atoms with van der Waals surface area (Å²) in [5, 5.41) is 4.96. The Morgan fingerprint density at radius 2 is 1.75 bits per heavy atom. The van der Waals surface area contributed by atoms with E-state index >= 15 is 0 Å². The van der Waals surface area contributed by atoms with Crippen molar-refractivity contribution in [2.75, 3.05) is 75.3 Å². The lowest BCUT2D eigenvalue weighted by Crippen LogP contribution is -2.52. The Kier molecular flexibility index (Phi) is 9.16. The van der Waals surface area contributed by atoms with Gasteiger partial charge in [0.15, 0.2) is 17.5 Å². The SMILES string of the molecule is COc1cc(N2CCC(N3CCN(C)CC3)CC2)c(C(C)C)cc1Nc1cc(N2OCC[C@@H]2c2cccc(F)c2F)ncn1. The van der Waals surface area contributed by atoms with Crippen LogP contribution >= 0.6 is 0 Å². The van der Waals surface area contributed by atoms with Gasteiger partial charge in [-0.05, 0) is 43.5 Å². The van der Waals surface area contributed by atoms with Crippen LogP contribution in [-0.4, -0.2) is 85.8 Å². The minimum absolute atomic E-state index is 0.238. The van der Waals surface area contributed by atoms with Gasteiger partial charge in [-0.2, -0.15) is 0 Å². The Morgan fingerprint density at radius 3 is 2.48 bits per heavy atom. The van der Waals surface area contributed by atoms with E-state index < -0.39 is 17.7 Å². The number of piperidine rings is 1. The monoisotopic (exact) mass is 607 g/mol. The highest BCUT2D eigenvalue weighted by molar-refractivity contribution is 5.73. The summed E-state index contributed by atoms with van der Waals surface area (Å²) in [5.41, 5.74) is 3.49. The van der Waals surface area contributed by atoms with Crippen molar-refractivity contribution in [1.29, 1.82) is 0 Å². The first-order valence-electron chi connectivity index (χ1n) is 15.7. The molecule has 1 N–H and O–H groups in total. The van der Waals surface area contributed by atoms with Gasteiger partial charge in [0, 0.05) is 75.1 Å². The molecule has 11 heteroatoms. The van der Waals surface area contributed by atoms with Crippen LogP contribution in [0.3, 0.4) is 0 Å². The van der Waals surface area contributed by atoms with Gasteiger partial charge in [0.1, 0.15) is 17.9 Å². The maximum Gasteiger partial charge on any atom is 0.164 e. The van der Waals surface area contributed by atoms with Crippen LogP contribution in [0, 0.1) is 11.6 Å². The predicted molar refractivity (Wildman–Crippen MR) is 169 cm³/mol. The maximum atomic E-state index is 14.7. The van der Waals surface area contributed by atoms with Crippen molar-refractivity contribution in [3.8, 4) is 5.75 Å². The Morgan fingerprint density at radius 1 is 0.977 bits per heavy atom. The van der Waals surface area contributed by atoms with E-state index in [0.717, 1.165) is 69.6 Å². The zero-order valence-corrected chi connectivity index (χ0v) is 26.1. The average Bonchev–Trinajstić information content (AvgIpc) is 3.53. The van der Waals surface area contributed by atoms with E-state index in [1.807, 2.05) is 0 Å². The fourth-order valence-electron chi connectivity index (χ4n) is 6.68. The fourth-order valence-corrected chi connectivity index (χ4v) is 6.68. The number of likely N-dealkylation sites (N-methyl/N-ethyl adjacent to an activating group) is 1. The molecular formula is C33H43F2N7O2. The third-order valence-electron chi connectivity index (χ3n) is 9.22. The molecule has 0 bridgehead atoms. The number of nitrogens with zero attached hydrogens (tertiary/aromatic N) is 6. The molecule has 6 rings (SSSR count). The van der Waals surface area contributed by atoms with Crippen molar-refractivity contribution >= 4 is 23.0 Å². The number of halogens is 2. The number of hydrogen-bond acceptors (Lipinski definition) is 9. The number of hydroxylamine groups is 1. The van der Waals surface area contributed by atoms with E-state index in [4.69, 9.17) is 9.57 Å². The van der Waals surface area contributed by atoms with Crippen LogP contribution in [0.1, 0.15) is 56.2 Å². The summed E-state index contributed by atoms with van der Waals surface area (Å²) < 4.78 is 34.5. The molecule has 236 valence electrons. The smallest absolute Gasteiger partial charge is 0.164 e. The summed E-state index contributed by atoms with van der Waals surface area (Å²) in [6.45, 7) is 11.4. The number of piperazine rings is 1. The van der Waals surface area contributed by atoms with Crippen LogP contribution in [0.15, 0.2) is 42.7 Å². The number of benzene rings is 2. The van der Waals surface area contributed by atoms with Crippen LogP contribution in [0.4, 0.5) is 31.8 Å². The van der Waals surface area contributed by atoms with E-state index in [9.17, 15) is 8.78 Å². The van der Waals surface area contributed by atoms with Crippen molar-refractivity contribution in [3.63, 3.8) is 0 Å². The van der Waals surface area contributed by atoms with E-state index in [1.165, 1.54) is 28.7 Å². The summed E-state index contributed by atoms with van der Waals surface area (Å²) in [5.74, 6) is 0.273. The highest BCUT2D eigenvalue weighted by Crippen LogP contribution is 2.41. The number of methoxy groups -OCH3 is 1. The fraction of sp³-hybridized carbons (Fsp3) is 0.515. The van der Waals surface area contributed by atoms with Gasteiger partial charge in [-0.15, -0.1) is 0 Å². The third kappa shape index (κ3) is 6.31. The number of anilines is 4. The highest BCUT2D eigenvalue weighted by atomic mass is 19.2. The second-order valence-electron chi connectivity index (χ2n) is 12.3. The third-order valence-corrected chi connectivity index (χ3v) is 9.22. The lowest BCUT2D eigenvalue weighted by atomic mass is 9.96. The van der Waals surface area contributed by atoms with E-state index in [1.54, 1.807) is 19.2 Å². The van der Waals surface area contributed by atoms with Crippen LogP contribution < -0.4 is 20.0 Å². The Balaban J connectivity index is 1.20. The normalized spacial score (nSPS) is 20.5. The number of nitrogens with one attached hydrogen (secondary N) is 1. The zero-order valence-electron chi connectivity index (χ0n) is 26.1. The summed E-state index contributed by atoms with van der Waals surface area (Å²) in [6.07, 6.45) is 4.26. The van der Waals surface area contributed by atoms with Gasteiger partial charge in [0.25, 0.3) is 0 Å². The Labute approximate surface area is 258 Å². The molecule has 1 aromatic heterocycles. The molecule has 0 radical (unpaired) electrons. The van der Waals surface area contributed by atoms with Gasteiger partial charge in [0.2, 0.25) is 0 Å². The molecule has 3 aliphatic rings. The molecule has 4 heterocycles. The highest BCUT2D eigenvalue weighted by Gasteiger charge is 2.32. The van der Waals surface area contributed by atoms with Gasteiger partial charge in [-0.3, -0.25) is 9.74 Å². The molecule has 0 aliphatic carbocycles. The van der Waals surface area contributed by atoms with Gasteiger partial charge in [-0.1, -0.05) is 26.0 Å². The van der Waals surface area contributed by atoms with Crippen molar-refractivity contribution in [1.82, 2.24) is 19.8 Å². The topological polar surface area (TPSA) is 69.2 Å². The molecule has 3 saturated heterocycles. The molecule has 3 aromatic rings. The molecule has 44 heavy (non-hydrogen) atoms. The quantitative estimate of drug-likeness (QED) is 0.346. The molecule has 0 unspecified atom stereocenters. The molecular weight excluding hydrogens is 564 g/mol. The Bertz CT molecular complexity index is 1440. The zero-order chi connectivity index (χ0) is 30.8. The number of aromatic nitrogens is 2. The van der Waals surface area contributed by atoms with Crippen molar-refractivity contribution in [3.05, 3.63) is 65.5 Å². The van der Waals surface area contributed by atoms with Crippen molar-refractivity contribution in [2.45, 2.75) is 51.1 Å². The standard InChI is InChI=1S/C33H43F2N7O2/c1-22(2)25-18-27(30(43-4)19-29(25)41-11-8-23(9-12-41)40-15-13-39(3)14-16-40)38-31-20-32(37-21-36-31)42-28(10-17-44-42)24-6-5-7-26(34)33(24)35/h5-7,18-23,28H,8-17H2,1-4H3,(H,36,37,38)/t28-/m1/s1. The van der Waals surface area contributed by atoms with E-state index in [0.29, 0.717) is 36.6 Å². The summed E-state index contributed by atoms with van der Waals surface area (Å²) in [4.78, 5) is 22.3. The van der Waals surface area contributed by atoms with Crippen LogP contribution in [0.5, 0.6) is 5.75 Å². The predicted octanol–water partition coefficient (Wildman–Crippen LogP) is 5.73. The molecule has 3 aliphatic heterocycles. The molecule has 0 amide bonds. The molecule has 0 saturated carbocycles. The van der Waals surface area contributed by atoms with Crippen LogP contribution in [0.25, 0.3) is 0 Å². The Hall–Kier alpha value is -3.54. The van der Waals surface area contributed by atoms with E-state index in [2.05, 4.69) is 63.0 Å². The van der Waals surface area contributed by atoms with Crippen molar-refractivity contribution < 1.29 is 18.4 Å². The first-order valence-corrected chi connectivity index (χ1v) is 15.7. The number of ether oxygens (including phenoxy) is 1. The maximum absolute atomic E-state index is 14.7. The van der Waals surface area contributed by atoms with E-state index in [-0.39, 0.29) is 5.56 Å². The lowest BCUT2D eigenvalue weighted by molar-refractivity contribution is 0.0982.